The van der Waals surface area contributed by atoms with E-state index in [9.17, 15) is 19.3 Å². The summed E-state index contributed by atoms with van der Waals surface area (Å²) >= 11 is 0. The summed E-state index contributed by atoms with van der Waals surface area (Å²) in [6.45, 7) is 0. The Morgan fingerprint density at radius 3 is 2.46 bits per heavy atom. The maximum Gasteiger partial charge on any atom is 0.269 e. The van der Waals surface area contributed by atoms with Crippen molar-refractivity contribution in [1.29, 1.82) is 0 Å². The first-order valence-corrected chi connectivity index (χ1v) is 8.40. The number of nitro groups is 1. The number of benzene rings is 2. The number of amides is 1. The van der Waals surface area contributed by atoms with Crippen LogP contribution in [0.4, 0.5) is 10.1 Å². The molecule has 1 aromatic heterocycles. The molecule has 0 aliphatic heterocycles. The summed E-state index contributed by atoms with van der Waals surface area (Å²) in [6, 6.07) is 11.1. The summed E-state index contributed by atoms with van der Waals surface area (Å²) in [5.74, 6) is -0.147. The van der Waals surface area contributed by atoms with Crippen molar-refractivity contribution in [2.45, 2.75) is 6.04 Å². The van der Waals surface area contributed by atoms with Gasteiger partial charge in [-0.05, 0) is 41.5 Å². The average Bonchev–Trinajstić information content (AvgIpc) is 3.11. The fourth-order valence-electron chi connectivity index (χ4n) is 2.68. The van der Waals surface area contributed by atoms with E-state index in [0.29, 0.717) is 17.0 Å². The lowest BCUT2D eigenvalue weighted by Gasteiger charge is -2.18. The average molecular weight is 380 g/mol. The molecular formula is C20H17FN4O3. The van der Waals surface area contributed by atoms with Gasteiger partial charge in [-0.25, -0.2) is 9.37 Å². The quantitative estimate of drug-likeness (QED) is 0.403. The first kappa shape index (κ1) is 19.0. The molecule has 0 radical (unpaired) electrons. The van der Waals surface area contributed by atoms with Crippen LogP contribution in [0.3, 0.4) is 0 Å². The molecule has 3 aromatic rings. The number of non-ortho nitro benzene ring substituents is 1. The Labute approximate surface area is 160 Å². The van der Waals surface area contributed by atoms with Crippen LogP contribution < -0.4 is 5.32 Å². The molecule has 0 aliphatic carbocycles. The highest BCUT2D eigenvalue weighted by atomic mass is 19.1. The Hall–Kier alpha value is -3.81. The van der Waals surface area contributed by atoms with Gasteiger partial charge in [-0.1, -0.05) is 12.1 Å². The molecule has 0 fully saturated rings. The first-order chi connectivity index (χ1) is 13.4. The number of aryl methyl sites for hydroxylation is 1. The minimum Gasteiger partial charge on any atom is -0.339 e. The number of imidazole rings is 1. The van der Waals surface area contributed by atoms with Gasteiger partial charge in [0.1, 0.15) is 17.7 Å². The fraction of sp³-hybridized carbons (Fsp3) is 0.100. The summed E-state index contributed by atoms with van der Waals surface area (Å²) in [6.07, 6.45) is 6.26. The van der Waals surface area contributed by atoms with Crippen LogP contribution in [0.25, 0.3) is 6.08 Å². The van der Waals surface area contributed by atoms with Crippen molar-refractivity contribution in [3.8, 4) is 0 Å². The van der Waals surface area contributed by atoms with Crippen molar-refractivity contribution in [2.24, 2.45) is 7.05 Å². The predicted molar refractivity (Wildman–Crippen MR) is 102 cm³/mol. The number of carbonyl (C=O) groups excluding carboxylic acids is 1. The van der Waals surface area contributed by atoms with Gasteiger partial charge in [-0.3, -0.25) is 14.9 Å². The second-order valence-electron chi connectivity index (χ2n) is 6.07. The molecule has 0 aliphatic rings. The van der Waals surface area contributed by atoms with Crippen LogP contribution in [0.15, 0.2) is 67.0 Å². The van der Waals surface area contributed by atoms with Crippen LogP contribution in [0, 0.1) is 15.9 Å². The molecular weight excluding hydrogens is 363 g/mol. The van der Waals surface area contributed by atoms with Gasteiger partial charge in [0.05, 0.1) is 4.92 Å². The molecule has 0 bridgehead atoms. The van der Waals surface area contributed by atoms with E-state index in [1.807, 2.05) is 0 Å². The Morgan fingerprint density at radius 1 is 1.21 bits per heavy atom. The zero-order chi connectivity index (χ0) is 20.1. The number of nitrogens with zero attached hydrogens (tertiary/aromatic N) is 3. The standard InChI is InChI=1S/C20H17FN4O3/c1-24-13-12-22-20(24)19(15-5-7-16(21)8-6-15)23-18(26)11-4-14-2-9-17(10-3-14)25(27)28/h2-13,19H,1H3,(H,23,26)/b11-4+. The first-order valence-electron chi connectivity index (χ1n) is 8.40. The van der Waals surface area contributed by atoms with E-state index >= 15 is 0 Å². The van der Waals surface area contributed by atoms with Gasteiger partial charge in [-0.2, -0.15) is 0 Å². The Bertz CT molecular complexity index is 1010. The van der Waals surface area contributed by atoms with E-state index in [2.05, 4.69) is 10.3 Å². The normalized spacial score (nSPS) is 12.1. The number of aromatic nitrogens is 2. The Morgan fingerprint density at radius 2 is 1.89 bits per heavy atom. The summed E-state index contributed by atoms with van der Waals surface area (Å²) in [5.41, 5.74) is 1.32. The predicted octanol–water partition coefficient (Wildman–Crippen LogP) is 3.39. The lowest BCUT2D eigenvalue weighted by atomic mass is 10.1. The third-order valence-corrected chi connectivity index (χ3v) is 4.14. The van der Waals surface area contributed by atoms with Crippen molar-refractivity contribution in [1.82, 2.24) is 14.9 Å². The van der Waals surface area contributed by atoms with Crippen molar-refractivity contribution < 1.29 is 14.1 Å². The maximum atomic E-state index is 13.3. The van der Waals surface area contributed by atoms with E-state index in [0.717, 1.165) is 0 Å². The molecule has 0 saturated heterocycles. The van der Waals surface area contributed by atoms with Gasteiger partial charge < -0.3 is 9.88 Å². The van der Waals surface area contributed by atoms with Gasteiger partial charge in [0.25, 0.3) is 5.69 Å². The van der Waals surface area contributed by atoms with Gasteiger partial charge in [0, 0.05) is 37.7 Å². The number of nitrogens with one attached hydrogen (secondary N) is 1. The summed E-state index contributed by atoms with van der Waals surface area (Å²) in [5, 5.41) is 13.5. The number of nitro benzene ring substituents is 1. The molecule has 1 unspecified atom stereocenters. The Balaban J connectivity index is 1.78. The zero-order valence-corrected chi connectivity index (χ0v) is 14.9. The van der Waals surface area contributed by atoms with Crippen molar-refractivity contribution in [3.63, 3.8) is 0 Å². The fourth-order valence-corrected chi connectivity index (χ4v) is 2.68. The summed E-state index contributed by atoms with van der Waals surface area (Å²) in [7, 11) is 1.80. The molecule has 142 valence electrons. The highest BCUT2D eigenvalue weighted by Crippen LogP contribution is 2.21. The van der Waals surface area contributed by atoms with E-state index in [1.54, 1.807) is 54.3 Å². The van der Waals surface area contributed by atoms with Gasteiger partial charge in [0.15, 0.2) is 0 Å². The SMILES string of the molecule is Cn1ccnc1C(NC(=O)/C=C/c1ccc([N+](=O)[O-])cc1)c1ccc(F)cc1. The van der Waals surface area contributed by atoms with Crippen molar-refractivity contribution in [3.05, 3.63) is 99.9 Å². The molecule has 0 saturated carbocycles. The van der Waals surface area contributed by atoms with Crippen LogP contribution in [0.5, 0.6) is 0 Å². The lowest BCUT2D eigenvalue weighted by Crippen LogP contribution is -2.29. The molecule has 3 rings (SSSR count). The third-order valence-electron chi connectivity index (χ3n) is 4.14. The number of hydrogen-bond acceptors (Lipinski definition) is 4. The highest BCUT2D eigenvalue weighted by molar-refractivity contribution is 5.92. The van der Waals surface area contributed by atoms with Crippen LogP contribution in [0.1, 0.15) is 23.0 Å². The monoisotopic (exact) mass is 380 g/mol. The smallest absolute Gasteiger partial charge is 0.269 e. The van der Waals surface area contributed by atoms with Gasteiger partial charge in [0.2, 0.25) is 5.91 Å². The van der Waals surface area contributed by atoms with Crippen LogP contribution >= 0.6 is 0 Å². The Kier molecular flexibility index (Phi) is 5.59. The number of carbonyl (C=O) groups is 1. The van der Waals surface area contributed by atoms with E-state index in [4.69, 9.17) is 0 Å². The third kappa shape index (κ3) is 4.47. The highest BCUT2D eigenvalue weighted by Gasteiger charge is 2.19. The maximum absolute atomic E-state index is 13.3. The molecule has 1 heterocycles. The van der Waals surface area contributed by atoms with Gasteiger partial charge in [-0.15, -0.1) is 0 Å². The minimum absolute atomic E-state index is 0.0206. The number of rotatable bonds is 6. The molecule has 0 spiro atoms. The van der Waals surface area contributed by atoms with Crippen molar-refractivity contribution in [2.75, 3.05) is 0 Å². The van der Waals surface area contributed by atoms with Crippen LogP contribution in [-0.4, -0.2) is 20.4 Å². The topological polar surface area (TPSA) is 90.1 Å². The summed E-state index contributed by atoms with van der Waals surface area (Å²) in [4.78, 5) is 26.9. The molecule has 8 heteroatoms. The van der Waals surface area contributed by atoms with E-state index in [1.165, 1.54) is 30.3 Å². The minimum atomic E-state index is -0.561. The number of hydrogen-bond donors (Lipinski definition) is 1. The molecule has 1 N–H and O–H groups in total. The van der Waals surface area contributed by atoms with Crippen LogP contribution in [0.2, 0.25) is 0 Å². The molecule has 7 nitrogen and oxygen atoms in total. The summed E-state index contributed by atoms with van der Waals surface area (Å²) < 4.78 is 15.0. The molecule has 1 amide bonds. The number of halogens is 1. The largest absolute Gasteiger partial charge is 0.339 e. The van der Waals surface area contributed by atoms with E-state index < -0.39 is 11.0 Å². The van der Waals surface area contributed by atoms with Crippen LogP contribution in [-0.2, 0) is 11.8 Å². The second kappa shape index (κ2) is 8.26. The zero-order valence-electron chi connectivity index (χ0n) is 14.9. The molecule has 2 aromatic carbocycles. The van der Waals surface area contributed by atoms with Crippen molar-refractivity contribution >= 4 is 17.7 Å². The molecule has 28 heavy (non-hydrogen) atoms. The molecule has 1 atom stereocenters. The van der Waals surface area contributed by atoms with Gasteiger partial charge >= 0.3 is 0 Å². The lowest BCUT2D eigenvalue weighted by molar-refractivity contribution is -0.384. The second-order valence-corrected chi connectivity index (χ2v) is 6.07. The van der Waals surface area contributed by atoms with E-state index in [-0.39, 0.29) is 17.4 Å².